The number of amides is 1. The van der Waals surface area contributed by atoms with E-state index in [0.717, 1.165) is 24.2 Å². The summed E-state index contributed by atoms with van der Waals surface area (Å²) in [5, 5.41) is 11.3. The van der Waals surface area contributed by atoms with E-state index in [-0.39, 0.29) is 36.0 Å². The Morgan fingerprint density at radius 3 is 2.68 bits per heavy atom. The molecule has 0 spiro atoms. The van der Waals surface area contributed by atoms with Gasteiger partial charge in [-0.1, -0.05) is 0 Å². The second-order valence-electron chi connectivity index (χ2n) is 6.86. The molecule has 1 N–H and O–H groups in total. The third kappa shape index (κ3) is 4.01. The molecule has 2 aliphatic rings. The Morgan fingerprint density at radius 2 is 2.04 bits per heavy atom. The lowest BCUT2D eigenvalue weighted by Gasteiger charge is -2.30. The average molecular weight is 379 g/mol. The molecule has 0 radical (unpaired) electrons. The fourth-order valence-electron chi connectivity index (χ4n) is 4.00. The molecule has 4 atom stereocenters. The standard InChI is InChI=1S/C18H22N2O3S2/c1-24-14-4-6-15(7-5-14)25(22,23)11-13-3-2-12-10-16(12)17(13)18(21)20-9-8-19/h4-7,12-13,16-17H,2-3,9-11H2,1H3,(H,20,21)/t12-,13?,16?,17+/m0/s1. The van der Waals surface area contributed by atoms with Crippen LogP contribution in [0.3, 0.4) is 0 Å². The van der Waals surface area contributed by atoms with Gasteiger partial charge in [0, 0.05) is 10.8 Å². The molecule has 2 unspecified atom stereocenters. The molecule has 0 heterocycles. The number of carbonyl (C=O) groups excluding carboxylic acids is 1. The SMILES string of the molecule is CSc1ccc(S(=O)(=O)CC2CC[C@H]3CC3[C@@H]2C(=O)NCC#N)cc1. The summed E-state index contributed by atoms with van der Waals surface area (Å²) in [5.74, 6) is 0.218. The molecule has 0 saturated heterocycles. The molecule has 2 aliphatic carbocycles. The highest BCUT2D eigenvalue weighted by atomic mass is 32.2. The highest BCUT2D eigenvalue weighted by Gasteiger charge is 2.52. The summed E-state index contributed by atoms with van der Waals surface area (Å²) in [6, 6.07) is 8.83. The maximum atomic E-state index is 12.8. The largest absolute Gasteiger partial charge is 0.343 e. The van der Waals surface area contributed by atoms with Crippen LogP contribution >= 0.6 is 11.8 Å². The molecule has 1 aromatic carbocycles. The lowest BCUT2D eigenvalue weighted by Crippen LogP contribution is -2.41. The number of thioether (sulfide) groups is 1. The van der Waals surface area contributed by atoms with E-state index in [2.05, 4.69) is 5.32 Å². The molecular weight excluding hydrogens is 356 g/mol. The van der Waals surface area contributed by atoms with E-state index in [9.17, 15) is 13.2 Å². The van der Waals surface area contributed by atoms with Crippen LogP contribution in [0, 0.1) is 35.0 Å². The summed E-state index contributed by atoms with van der Waals surface area (Å²) in [7, 11) is -3.43. The molecule has 2 saturated carbocycles. The summed E-state index contributed by atoms with van der Waals surface area (Å²) in [4.78, 5) is 13.8. The van der Waals surface area contributed by atoms with Gasteiger partial charge >= 0.3 is 0 Å². The average Bonchev–Trinajstić information content (AvgIpc) is 3.38. The van der Waals surface area contributed by atoms with Crippen molar-refractivity contribution in [2.24, 2.45) is 23.7 Å². The number of nitriles is 1. The fraction of sp³-hybridized carbons (Fsp3) is 0.556. The normalized spacial score (nSPS) is 27.8. The first-order valence-electron chi connectivity index (χ1n) is 8.47. The zero-order valence-electron chi connectivity index (χ0n) is 14.1. The van der Waals surface area contributed by atoms with Crippen molar-refractivity contribution in [3.63, 3.8) is 0 Å². The first-order chi connectivity index (χ1) is 12.0. The molecule has 5 nitrogen and oxygen atoms in total. The van der Waals surface area contributed by atoms with Crippen LogP contribution in [-0.4, -0.2) is 32.9 Å². The van der Waals surface area contributed by atoms with Gasteiger partial charge in [0.05, 0.1) is 16.7 Å². The van der Waals surface area contributed by atoms with E-state index in [0.29, 0.717) is 10.8 Å². The van der Waals surface area contributed by atoms with Crippen LogP contribution in [0.2, 0.25) is 0 Å². The minimum atomic E-state index is -3.43. The maximum Gasteiger partial charge on any atom is 0.224 e. The highest BCUT2D eigenvalue weighted by Crippen LogP contribution is 2.55. The van der Waals surface area contributed by atoms with Gasteiger partial charge in [-0.2, -0.15) is 5.26 Å². The van der Waals surface area contributed by atoms with Gasteiger partial charge in [0.2, 0.25) is 5.91 Å². The van der Waals surface area contributed by atoms with Gasteiger partial charge in [0.1, 0.15) is 6.54 Å². The smallest absolute Gasteiger partial charge is 0.224 e. The van der Waals surface area contributed by atoms with Crippen molar-refractivity contribution in [1.82, 2.24) is 5.32 Å². The number of nitrogens with one attached hydrogen (secondary N) is 1. The Kier molecular flexibility index (Phi) is 5.40. The first kappa shape index (κ1) is 18.3. The molecule has 134 valence electrons. The van der Waals surface area contributed by atoms with Crippen molar-refractivity contribution in [3.8, 4) is 6.07 Å². The Balaban J connectivity index is 1.76. The van der Waals surface area contributed by atoms with Crippen LogP contribution in [0.15, 0.2) is 34.1 Å². The number of hydrogen-bond acceptors (Lipinski definition) is 5. The zero-order valence-corrected chi connectivity index (χ0v) is 15.8. The van der Waals surface area contributed by atoms with Gasteiger partial charge < -0.3 is 5.32 Å². The second kappa shape index (κ2) is 7.38. The Bertz CT molecular complexity index is 784. The Labute approximate surface area is 153 Å². The molecule has 25 heavy (non-hydrogen) atoms. The first-order valence-corrected chi connectivity index (χ1v) is 11.4. The number of sulfone groups is 1. The highest BCUT2D eigenvalue weighted by molar-refractivity contribution is 7.98. The lowest BCUT2D eigenvalue weighted by molar-refractivity contribution is -0.127. The van der Waals surface area contributed by atoms with Crippen molar-refractivity contribution in [1.29, 1.82) is 5.26 Å². The van der Waals surface area contributed by atoms with Crippen molar-refractivity contribution >= 4 is 27.5 Å². The van der Waals surface area contributed by atoms with Crippen molar-refractivity contribution in [3.05, 3.63) is 24.3 Å². The van der Waals surface area contributed by atoms with Crippen molar-refractivity contribution < 1.29 is 13.2 Å². The topological polar surface area (TPSA) is 87.0 Å². The molecule has 0 aromatic heterocycles. The number of fused-ring (bicyclic) bond motifs is 1. The molecule has 1 aromatic rings. The maximum absolute atomic E-state index is 12.8. The van der Waals surface area contributed by atoms with E-state index in [1.54, 1.807) is 23.9 Å². The zero-order chi connectivity index (χ0) is 18.0. The molecule has 3 rings (SSSR count). The number of carbonyl (C=O) groups is 1. The number of hydrogen-bond donors (Lipinski definition) is 1. The van der Waals surface area contributed by atoms with E-state index in [1.807, 2.05) is 24.5 Å². The third-order valence-electron chi connectivity index (χ3n) is 5.35. The third-order valence-corrected chi connectivity index (χ3v) is 7.95. The predicted molar refractivity (Wildman–Crippen MR) is 96.7 cm³/mol. The number of nitrogens with zero attached hydrogens (tertiary/aromatic N) is 1. The van der Waals surface area contributed by atoms with E-state index < -0.39 is 9.84 Å². The monoisotopic (exact) mass is 378 g/mol. The van der Waals surface area contributed by atoms with Gasteiger partial charge in [-0.3, -0.25) is 4.79 Å². The summed E-state index contributed by atoms with van der Waals surface area (Å²) in [6.45, 7) is -0.0255. The van der Waals surface area contributed by atoms with Crippen LogP contribution in [0.1, 0.15) is 19.3 Å². The Hall–Kier alpha value is -1.52. The minimum absolute atomic E-state index is 0.000521. The van der Waals surface area contributed by atoms with Crippen LogP contribution in [0.4, 0.5) is 0 Å². The second-order valence-corrected chi connectivity index (χ2v) is 9.77. The predicted octanol–water partition coefficient (Wildman–Crippen LogP) is 2.48. The van der Waals surface area contributed by atoms with Crippen molar-refractivity contribution in [2.45, 2.75) is 29.1 Å². The van der Waals surface area contributed by atoms with Crippen LogP contribution in [0.25, 0.3) is 0 Å². The quantitative estimate of drug-likeness (QED) is 0.607. The van der Waals surface area contributed by atoms with Gasteiger partial charge in [0.15, 0.2) is 9.84 Å². The van der Waals surface area contributed by atoms with Gasteiger partial charge in [0.25, 0.3) is 0 Å². The van der Waals surface area contributed by atoms with E-state index in [4.69, 9.17) is 5.26 Å². The summed E-state index contributed by atoms with van der Waals surface area (Å²) in [5.41, 5.74) is 0. The van der Waals surface area contributed by atoms with Crippen molar-refractivity contribution in [2.75, 3.05) is 18.6 Å². The van der Waals surface area contributed by atoms with E-state index >= 15 is 0 Å². The van der Waals surface area contributed by atoms with Gasteiger partial charge in [-0.05, 0) is 67.5 Å². The van der Waals surface area contributed by atoms with Crippen LogP contribution < -0.4 is 5.32 Å². The van der Waals surface area contributed by atoms with Crippen LogP contribution in [-0.2, 0) is 14.6 Å². The molecule has 0 aliphatic heterocycles. The molecule has 0 bridgehead atoms. The fourth-order valence-corrected chi connectivity index (χ4v) is 6.09. The summed E-state index contributed by atoms with van der Waals surface area (Å²) >= 11 is 1.57. The number of benzene rings is 1. The molecule has 2 fully saturated rings. The lowest BCUT2D eigenvalue weighted by atomic mass is 9.79. The summed E-state index contributed by atoms with van der Waals surface area (Å²) < 4.78 is 25.6. The molecular formula is C18H22N2O3S2. The van der Waals surface area contributed by atoms with E-state index in [1.165, 1.54) is 0 Å². The summed E-state index contributed by atoms with van der Waals surface area (Å²) in [6.07, 6.45) is 4.71. The molecule has 1 amide bonds. The van der Waals surface area contributed by atoms with Gasteiger partial charge in [-0.15, -0.1) is 11.8 Å². The number of rotatable bonds is 6. The van der Waals surface area contributed by atoms with Gasteiger partial charge in [-0.25, -0.2) is 8.42 Å². The van der Waals surface area contributed by atoms with Crippen LogP contribution in [0.5, 0.6) is 0 Å². The minimum Gasteiger partial charge on any atom is -0.343 e. The Morgan fingerprint density at radius 1 is 1.32 bits per heavy atom. The molecule has 7 heteroatoms.